The normalized spacial score (nSPS) is 12.5. The third kappa shape index (κ3) is 4.02. The standard InChI is InChI=1S/C12H14BrFO2/c1-8(16-2)5-10(15)6-9-3-4-12(14)11(13)7-9/h3-4,7-8H,5-6H2,1-2H3. The van der Waals surface area contributed by atoms with Crippen molar-refractivity contribution in [3.63, 3.8) is 0 Å². The summed E-state index contributed by atoms with van der Waals surface area (Å²) in [5.74, 6) is -0.227. The maximum atomic E-state index is 12.9. The van der Waals surface area contributed by atoms with Crippen molar-refractivity contribution >= 4 is 21.7 Å². The number of methoxy groups -OCH3 is 1. The van der Waals surface area contributed by atoms with Crippen LogP contribution in [-0.2, 0) is 16.0 Å². The van der Waals surface area contributed by atoms with Crippen LogP contribution in [0.2, 0.25) is 0 Å². The first-order chi connectivity index (χ1) is 7.52. The monoisotopic (exact) mass is 288 g/mol. The second kappa shape index (κ2) is 6.11. The van der Waals surface area contributed by atoms with Gasteiger partial charge in [0.1, 0.15) is 11.6 Å². The average molecular weight is 289 g/mol. The van der Waals surface area contributed by atoms with Gasteiger partial charge in [0, 0.05) is 20.0 Å². The first kappa shape index (κ1) is 13.3. The van der Waals surface area contributed by atoms with Crippen molar-refractivity contribution in [1.82, 2.24) is 0 Å². The molecule has 1 aromatic rings. The average Bonchev–Trinajstić information content (AvgIpc) is 2.23. The van der Waals surface area contributed by atoms with Gasteiger partial charge in [-0.1, -0.05) is 6.07 Å². The first-order valence-corrected chi connectivity index (χ1v) is 5.80. The van der Waals surface area contributed by atoms with E-state index in [9.17, 15) is 9.18 Å². The number of carbonyl (C=O) groups is 1. The van der Waals surface area contributed by atoms with E-state index >= 15 is 0 Å². The lowest BCUT2D eigenvalue weighted by Gasteiger charge is -2.08. The Morgan fingerprint density at radius 3 is 2.81 bits per heavy atom. The van der Waals surface area contributed by atoms with E-state index in [-0.39, 0.29) is 17.7 Å². The summed E-state index contributed by atoms with van der Waals surface area (Å²) in [6.45, 7) is 1.85. The van der Waals surface area contributed by atoms with Gasteiger partial charge in [-0.25, -0.2) is 4.39 Å². The molecule has 2 nitrogen and oxygen atoms in total. The minimum atomic E-state index is -0.318. The van der Waals surface area contributed by atoms with Crippen LogP contribution < -0.4 is 0 Å². The lowest BCUT2D eigenvalue weighted by Crippen LogP contribution is -2.14. The summed E-state index contributed by atoms with van der Waals surface area (Å²) >= 11 is 3.09. The van der Waals surface area contributed by atoms with E-state index in [1.54, 1.807) is 19.2 Å². The molecule has 1 unspecified atom stereocenters. The highest BCUT2D eigenvalue weighted by atomic mass is 79.9. The van der Waals surface area contributed by atoms with E-state index in [1.165, 1.54) is 6.07 Å². The van der Waals surface area contributed by atoms with Gasteiger partial charge in [0.25, 0.3) is 0 Å². The smallest absolute Gasteiger partial charge is 0.139 e. The van der Waals surface area contributed by atoms with Crippen LogP contribution in [0.5, 0.6) is 0 Å². The number of hydrogen-bond donors (Lipinski definition) is 0. The largest absolute Gasteiger partial charge is 0.381 e. The van der Waals surface area contributed by atoms with Crippen molar-refractivity contribution in [2.24, 2.45) is 0 Å². The second-order valence-corrected chi connectivity index (χ2v) is 4.57. The molecule has 0 amide bonds. The third-order valence-electron chi connectivity index (χ3n) is 2.30. The zero-order valence-electron chi connectivity index (χ0n) is 9.30. The molecule has 0 radical (unpaired) electrons. The molecule has 0 bridgehead atoms. The fourth-order valence-corrected chi connectivity index (χ4v) is 1.78. The lowest BCUT2D eigenvalue weighted by molar-refractivity contribution is -0.120. The van der Waals surface area contributed by atoms with Gasteiger partial charge in [-0.15, -0.1) is 0 Å². The van der Waals surface area contributed by atoms with Gasteiger partial charge in [0.2, 0.25) is 0 Å². The van der Waals surface area contributed by atoms with Crippen LogP contribution >= 0.6 is 15.9 Å². The number of rotatable bonds is 5. The molecule has 1 rings (SSSR count). The summed E-state index contributed by atoms with van der Waals surface area (Å²) < 4.78 is 18.3. The van der Waals surface area contributed by atoms with Crippen LogP contribution in [0.25, 0.3) is 0 Å². The van der Waals surface area contributed by atoms with Gasteiger partial charge >= 0.3 is 0 Å². The highest BCUT2D eigenvalue weighted by Gasteiger charge is 2.10. The Morgan fingerprint density at radius 1 is 1.56 bits per heavy atom. The molecule has 0 saturated carbocycles. The quantitative estimate of drug-likeness (QED) is 0.832. The van der Waals surface area contributed by atoms with Gasteiger partial charge < -0.3 is 4.74 Å². The van der Waals surface area contributed by atoms with Gasteiger partial charge in [-0.05, 0) is 40.5 Å². The van der Waals surface area contributed by atoms with E-state index in [0.717, 1.165) is 5.56 Å². The zero-order chi connectivity index (χ0) is 12.1. The number of hydrogen-bond acceptors (Lipinski definition) is 2. The zero-order valence-corrected chi connectivity index (χ0v) is 10.9. The molecule has 88 valence electrons. The van der Waals surface area contributed by atoms with Crippen LogP contribution in [0.15, 0.2) is 22.7 Å². The molecule has 0 spiro atoms. The Bertz CT molecular complexity index is 379. The molecule has 1 atom stereocenters. The molecule has 0 aliphatic rings. The summed E-state index contributed by atoms with van der Waals surface area (Å²) in [4.78, 5) is 11.6. The van der Waals surface area contributed by atoms with Crippen molar-refractivity contribution in [3.8, 4) is 0 Å². The molecule has 0 aliphatic heterocycles. The van der Waals surface area contributed by atoms with Crippen molar-refractivity contribution in [2.75, 3.05) is 7.11 Å². The second-order valence-electron chi connectivity index (χ2n) is 3.71. The van der Waals surface area contributed by atoms with Crippen molar-refractivity contribution < 1.29 is 13.9 Å². The number of ether oxygens (including phenoxy) is 1. The summed E-state index contributed by atoms with van der Waals surface area (Å²) in [5, 5.41) is 0. The van der Waals surface area contributed by atoms with E-state index in [1.807, 2.05) is 6.92 Å². The minimum Gasteiger partial charge on any atom is -0.381 e. The Hall–Kier alpha value is -0.740. The Labute approximate surface area is 103 Å². The Morgan fingerprint density at radius 2 is 2.25 bits per heavy atom. The molecule has 0 heterocycles. The molecule has 0 N–H and O–H groups in total. The van der Waals surface area contributed by atoms with E-state index in [0.29, 0.717) is 17.3 Å². The first-order valence-electron chi connectivity index (χ1n) is 5.01. The van der Waals surface area contributed by atoms with Crippen molar-refractivity contribution in [2.45, 2.75) is 25.9 Å². The van der Waals surface area contributed by atoms with Crippen LogP contribution in [0, 0.1) is 5.82 Å². The maximum Gasteiger partial charge on any atom is 0.139 e. The van der Waals surface area contributed by atoms with Crippen LogP contribution in [0.3, 0.4) is 0 Å². The van der Waals surface area contributed by atoms with Gasteiger partial charge in [0.05, 0.1) is 10.6 Å². The minimum absolute atomic E-state index is 0.0728. The Kier molecular flexibility index (Phi) is 5.09. The summed E-state index contributed by atoms with van der Waals surface area (Å²) in [5.41, 5.74) is 0.807. The summed E-state index contributed by atoms with van der Waals surface area (Å²) in [6.07, 6.45) is 0.620. The van der Waals surface area contributed by atoms with Crippen molar-refractivity contribution in [1.29, 1.82) is 0 Å². The van der Waals surface area contributed by atoms with Crippen LogP contribution in [0.1, 0.15) is 18.9 Å². The lowest BCUT2D eigenvalue weighted by atomic mass is 10.1. The van der Waals surface area contributed by atoms with Gasteiger partial charge in [0.15, 0.2) is 0 Å². The fraction of sp³-hybridized carbons (Fsp3) is 0.417. The molecule has 0 aromatic heterocycles. The number of Topliss-reactive ketones (excluding diaryl/α,β-unsaturated/α-hetero) is 1. The SMILES string of the molecule is COC(C)CC(=O)Cc1ccc(F)c(Br)c1. The molecule has 16 heavy (non-hydrogen) atoms. The molecule has 1 aromatic carbocycles. The highest BCUT2D eigenvalue weighted by molar-refractivity contribution is 9.10. The van der Waals surface area contributed by atoms with Crippen LogP contribution in [-0.4, -0.2) is 19.0 Å². The number of benzene rings is 1. The molecule has 0 fully saturated rings. The molecular formula is C12H14BrFO2. The van der Waals surface area contributed by atoms with E-state index in [2.05, 4.69) is 15.9 Å². The fourth-order valence-electron chi connectivity index (χ4n) is 1.35. The molecule has 0 saturated heterocycles. The molecule has 0 aliphatic carbocycles. The predicted octanol–water partition coefficient (Wildman–Crippen LogP) is 3.12. The number of ketones is 1. The number of halogens is 2. The summed E-state index contributed by atoms with van der Waals surface area (Å²) in [7, 11) is 1.58. The summed E-state index contributed by atoms with van der Waals surface area (Å²) in [6, 6.07) is 4.60. The highest BCUT2D eigenvalue weighted by Crippen LogP contribution is 2.17. The van der Waals surface area contributed by atoms with Crippen molar-refractivity contribution in [3.05, 3.63) is 34.1 Å². The van der Waals surface area contributed by atoms with E-state index in [4.69, 9.17) is 4.74 Å². The Balaban J connectivity index is 2.59. The molecule has 4 heteroatoms. The third-order valence-corrected chi connectivity index (χ3v) is 2.91. The van der Waals surface area contributed by atoms with Crippen LogP contribution in [0.4, 0.5) is 4.39 Å². The van der Waals surface area contributed by atoms with Gasteiger partial charge in [-0.2, -0.15) is 0 Å². The van der Waals surface area contributed by atoms with E-state index < -0.39 is 0 Å². The number of carbonyl (C=O) groups excluding carboxylic acids is 1. The topological polar surface area (TPSA) is 26.3 Å². The van der Waals surface area contributed by atoms with Gasteiger partial charge in [-0.3, -0.25) is 4.79 Å². The predicted molar refractivity (Wildman–Crippen MR) is 63.9 cm³/mol. The molecular weight excluding hydrogens is 275 g/mol. The maximum absolute atomic E-state index is 12.9.